The van der Waals surface area contributed by atoms with Crippen molar-refractivity contribution in [2.45, 2.75) is 18.9 Å². The maximum Gasteiger partial charge on any atom is 0.240 e. The summed E-state index contributed by atoms with van der Waals surface area (Å²) in [5.41, 5.74) is 7.68. The molecule has 1 aliphatic heterocycles. The minimum absolute atomic E-state index is 0.269. The monoisotopic (exact) mass is 185 g/mol. The third-order valence-corrected chi connectivity index (χ3v) is 2.19. The van der Waals surface area contributed by atoms with Crippen molar-refractivity contribution in [2.75, 3.05) is 13.6 Å². The molecule has 0 radical (unpaired) electrons. The summed E-state index contributed by atoms with van der Waals surface area (Å²) in [6.45, 7) is 0.768. The van der Waals surface area contributed by atoms with E-state index in [-0.39, 0.29) is 11.9 Å². The van der Waals surface area contributed by atoms with Crippen molar-refractivity contribution < 1.29 is 4.79 Å². The molecule has 1 atom stereocenters. The van der Waals surface area contributed by atoms with Gasteiger partial charge in [0.15, 0.2) is 0 Å². The lowest BCUT2D eigenvalue weighted by Gasteiger charge is -2.24. The molecular weight excluding hydrogens is 170 g/mol. The highest BCUT2D eigenvalue weighted by Crippen LogP contribution is 2.16. The Labute approximate surface area is 76.9 Å². The normalized spacial score (nSPS) is 23.4. The molecule has 1 heterocycles. The summed E-state index contributed by atoms with van der Waals surface area (Å²) < 4.78 is 0. The van der Waals surface area contributed by atoms with Gasteiger partial charge in [-0.15, -0.1) is 0 Å². The second-order valence-electron chi connectivity index (χ2n) is 2.95. The number of hydrogen-bond acceptors (Lipinski definition) is 3. The van der Waals surface area contributed by atoms with Crippen LogP contribution in [-0.4, -0.2) is 36.4 Å². The second-order valence-corrected chi connectivity index (χ2v) is 2.95. The van der Waals surface area contributed by atoms with Crippen LogP contribution in [0.25, 0.3) is 0 Å². The third-order valence-electron chi connectivity index (χ3n) is 2.19. The quantitative estimate of drug-likeness (QED) is 0.198. The average molecular weight is 185 g/mol. The van der Waals surface area contributed by atoms with Crippen LogP contribution in [0.1, 0.15) is 12.8 Å². The Balaban J connectivity index is 2.73. The largest absolute Gasteiger partial charge is 0.368 e. The number of carbonyl (C=O) groups excluding carboxylic acids is 1. The van der Waals surface area contributed by atoms with Gasteiger partial charge in [-0.3, -0.25) is 15.2 Å². The number of aliphatic imine (C=N–C) groups is 1. The average Bonchev–Trinajstić information content (AvgIpc) is 2.55. The Morgan fingerprint density at radius 3 is 2.85 bits per heavy atom. The van der Waals surface area contributed by atoms with Gasteiger partial charge in [-0.2, -0.15) is 0 Å². The third kappa shape index (κ3) is 1.89. The van der Waals surface area contributed by atoms with Crippen LogP contribution in [-0.2, 0) is 4.79 Å². The number of guanidine groups is 1. The van der Waals surface area contributed by atoms with Crippen molar-refractivity contribution in [1.82, 2.24) is 10.3 Å². The Morgan fingerprint density at radius 1 is 1.69 bits per heavy atom. The number of carbonyl (C=O) groups is 1. The van der Waals surface area contributed by atoms with Crippen LogP contribution in [0.3, 0.4) is 0 Å². The molecule has 0 aliphatic carbocycles. The van der Waals surface area contributed by atoms with Crippen molar-refractivity contribution in [2.24, 2.45) is 16.6 Å². The molecule has 0 aromatic carbocycles. The van der Waals surface area contributed by atoms with E-state index in [4.69, 9.17) is 11.6 Å². The van der Waals surface area contributed by atoms with E-state index in [1.807, 2.05) is 0 Å². The maximum absolute atomic E-state index is 11.0. The smallest absolute Gasteiger partial charge is 0.240 e. The van der Waals surface area contributed by atoms with Gasteiger partial charge in [-0.05, 0) is 12.8 Å². The Hall–Kier alpha value is -1.30. The predicted octanol–water partition coefficient (Wildman–Crippen LogP) is -1.61. The van der Waals surface area contributed by atoms with Gasteiger partial charge in [-0.25, -0.2) is 5.84 Å². The van der Waals surface area contributed by atoms with Crippen LogP contribution >= 0.6 is 0 Å². The molecule has 1 rings (SSSR count). The van der Waals surface area contributed by atoms with E-state index in [1.54, 1.807) is 11.9 Å². The minimum Gasteiger partial charge on any atom is -0.368 e. The highest BCUT2D eigenvalue weighted by molar-refractivity contribution is 5.88. The van der Waals surface area contributed by atoms with Crippen molar-refractivity contribution in [3.8, 4) is 0 Å². The lowest BCUT2D eigenvalue weighted by atomic mass is 10.2. The van der Waals surface area contributed by atoms with Crippen LogP contribution in [0.15, 0.2) is 4.99 Å². The predicted molar refractivity (Wildman–Crippen MR) is 49.6 cm³/mol. The maximum atomic E-state index is 11.0. The Kier molecular flexibility index (Phi) is 3.07. The topological polar surface area (TPSA) is 96.7 Å². The van der Waals surface area contributed by atoms with E-state index in [1.165, 1.54) is 0 Å². The highest BCUT2D eigenvalue weighted by Gasteiger charge is 2.30. The molecule has 74 valence electrons. The van der Waals surface area contributed by atoms with Crippen LogP contribution in [0, 0.1) is 0 Å². The number of likely N-dealkylation sites (tertiary alicyclic amines) is 1. The molecule has 0 unspecified atom stereocenters. The van der Waals surface area contributed by atoms with Gasteiger partial charge in [0.05, 0.1) is 0 Å². The summed E-state index contributed by atoms with van der Waals surface area (Å²) in [6, 6.07) is -0.269. The summed E-state index contributed by atoms with van der Waals surface area (Å²) in [6.07, 6.45) is 1.71. The van der Waals surface area contributed by atoms with Crippen molar-refractivity contribution in [1.29, 1.82) is 0 Å². The van der Waals surface area contributed by atoms with Crippen LogP contribution in [0.4, 0.5) is 0 Å². The van der Waals surface area contributed by atoms with Gasteiger partial charge in [-0.1, -0.05) is 0 Å². The molecule has 6 nitrogen and oxygen atoms in total. The molecule has 0 aromatic rings. The molecule has 0 aromatic heterocycles. The standard InChI is InChI=1S/C7H15N5O/c1-10-7(11-9)12-4-2-3-5(12)6(8)13/h5H,2-4,9H2,1H3,(H2,8,13)(H,10,11)/t5-/m0/s1. The number of nitrogens with one attached hydrogen (secondary N) is 1. The second kappa shape index (κ2) is 4.08. The van der Waals surface area contributed by atoms with Crippen molar-refractivity contribution >= 4 is 11.9 Å². The highest BCUT2D eigenvalue weighted by atomic mass is 16.1. The first-order valence-corrected chi connectivity index (χ1v) is 4.20. The molecule has 1 amide bonds. The summed E-state index contributed by atoms with van der Waals surface area (Å²) in [4.78, 5) is 16.7. The van der Waals surface area contributed by atoms with E-state index in [9.17, 15) is 4.79 Å². The zero-order valence-corrected chi connectivity index (χ0v) is 7.66. The molecule has 0 spiro atoms. The zero-order chi connectivity index (χ0) is 9.84. The van der Waals surface area contributed by atoms with Crippen LogP contribution < -0.4 is 17.0 Å². The van der Waals surface area contributed by atoms with E-state index >= 15 is 0 Å². The summed E-state index contributed by atoms with van der Waals surface area (Å²) in [5.74, 6) is 5.44. The van der Waals surface area contributed by atoms with E-state index in [0.29, 0.717) is 5.96 Å². The molecule has 6 heteroatoms. The Morgan fingerprint density at radius 2 is 2.38 bits per heavy atom. The van der Waals surface area contributed by atoms with Crippen molar-refractivity contribution in [3.63, 3.8) is 0 Å². The van der Waals surface area contributed by atoms with Gasteiger partial charge in [0.25, 0.3) is 0 Å². The van der Waals surface area contributed by atoms with E-state index in [0.717, 1.165) is 19.4 Å². The number of hydrazine groups is 1. The summed E-state index contributed by atoms with van der Waals surface area (Å²) >= 11 is 0. The molecule has 1 saturated heterocycles. The first kappa shape index (κ1) is 9.79. The fourth-order valence-electron chi connectivity index (χ4n) is 1.59. The van der Waals surface area contributed by atoms with Gasteiger partial charge < -0.3 is 10.6 Å². The minimum atomic E-state index is -0.325. The zero-order valence-electron chi connectivity index (χ0n) is 7.66. The molecule has 0 saturated carbocycles. The molecular formula is C7H15N5O. The lowest BCUT2D eigenvalue weighted by Crippen LogP contribution is -2.50. The van der Waals surface area contributed by atoms with E-state index in [2.05, 4.69) is 10.4 Å². The van der Waals surface area contributed by atoms with Gasteiger partial charge in [0, 0.05) is 13.6 Å². The summed E-state index contributed by atoms with van der Waals surface area (Å²) in [7, 11) is 1.62. The number of rotatable bonds is 1. The SMILES string of the molecule is CN=C(NN)N1CCC[C@H]1C(N)=O. The number of nitrogens with two attached hydrogens (primary N) is 2. The molecule has 5 N–H and O–H groups in total. The van der Waals surface area contributed by atoms with Crippen molar-refractivity contribution in [3.05, 3.63) is 0 Å². The first-order valence-electron chi connectivity index (χ1n) is 4.20. The first-order chi connectivity index (χ1) is 6.20. The number of hydrogen-bond donors (Lipinski definition) is 3. The fourth-order valence-corrected chi connectivity index (χ4v) is 1.59. The number of nitrogens with zero attached hydrogens (tertiary/aromatic N) is 2. The lowest BCUT2D eigenvalue weighted by molar-refractivity contribution is -0.121. The number of amides is 1. The number of primary amides is 1. The molecule has 0 bridgehead atoms. The fraction of sp³-hybridized carbons (Fsp3) is 0.714. The van der Waals surface area contributed by atoms with Gasteiger partial charge in [0.1, 0.15) is 6.04 Å². The van der Waals surface area contributed by atoms with E-state index < -0.39 is 0 Å². The molecule has 1 aliphatic rings. The molecule has 1 fully saturated rings. The molecule has 13 heavy (non-hydrogen) atoms. The van der Waals surface area contributed by atoms with Crippen LogP contribution in [0.5, 0.6) is 0 Å². The van der Waals surface area contributed by atoms with Gasteiger partial charge in [0.2, 0.25) is 11.9 Å². The van der Waals surface area contributed by atoms with Crippen LogP contribution in [0.2, 0.25) is 0 Å². The Bertz CT molecular complexity index is 227. The van der Waals surface area contributed by atoms with Gasteiger partial charge >= 0.3 is 0 Å². The summed E-state index contributed by atoms with van der Waals surface area (Å²) in [5, 5.41) is 0.